The predicted molar refractivity (Wildman–Crippen MR) is 76.5 cm³/mol. The van der Waals surface area contributed by atoms with Crippen LogP contribution in [0.15, 0.2) is 18.3 Å². The zero-order chi connectivity index (χ0) is 13.9. The summed E-state index contributed by atoms with van der Waals surface area (Å²) in [4.78, 5) is 18.2. The van der Waals surface area contributed by atoms with Gasteiger partial charge in [0.25, 0.3) is 0 Å². The Morgan fingerprint density at radius 1 is 1.50 bits per heavy atom. The second kappa shape index (κ2) is 5.79. The molecule has 0 aromatic carbocycles. The molecule has 108 valence electrons. The maximum atomic E-state index is 11.6. The van der Waals surface area contributed by atoms with E-state index in [1.54, 1.807) is 0 Å². The van der Waals surface area contributed by atoms with Gasteiger partial charge >= 0.3 is 5.97 Å². The molecule has 5 nitrogen and oxygen atoms in total. The van der Waals surface area contributed by atoms with Gasteiger partial charge in [0.1, 0.15) is 11.9 Å². The molecule has 2 aliphatic rings. The predicted octanol–water partition coefficient (Wildman–Crippen LogP) is 1.44. The molecule has 0 bridgehead atoms. The fourth-order valence-electron chi connectivity index (χ4n) is 3.01. The van der Waals surface area contributed by atoms with Gasteiger partial charge in [0.15, 0.2) is 0 Å². The van der Waals surface area contributed by atoms with Crippen LogP contribution in [0.5, 0.6) is 0 Å². The number of pyridine rings is 1. The summed E-state index contributed by atoms with van der Waals surface area (Å²) in [5.41, 5.74) is 1.21. The number of carbonyl (C=O) groups is 1. The van der Waals surface area contributed by atoms with E-state index in [0.717, 1.165) is 38.3 Å². The van der Waals surface area contributed by atoms with Crippen LogP contribution >= 0.6 is 0 Å². The third-order valence-electron chi connectivity index (χ3n) is 4.15. The third-order valence-corrected chi connectivity index (χ3v) is 4.15. The van der Waals surface area contributed by atoms with Crippen LogP contribution in [0.25, 0.3) is 0 Å². The van der Waals surface area contributed by atoms with Gasteiger partial charge in [0.05, 0.1) is 6.61 Å². The molecule has 0 aliphatic carbocycles. The van der Waals surface area contributed by atoms with Gasteiger partial charge < -0.3 is 10.1 Å². The van der Waals surface area contributed by atoms with E-state index in [-0.39, 0.29) is 12.0 Å². The van der Waals surface area contributed by atoms with Crippen molar-refractivity contribution in [1.29, 1.82) is 0 Å². The van der Waals surface area contributed by atoms with Crippen LogP contribution in [0, 0.1) is 12.8 Å². The first-order valence-electron chi connectivity index (χ1n) is 7.29. The van der Waals surface area contributed by atoms with Crippen molar-refractivity contribution < 1.29 is 9.53 Å². The van der Waals surface area contributed by atoms with Gasteiger partial charge in [0.2, 0.25) is 0 Å². The standard InChI is InChI=1S/C15H21N3O2/c1-11-2-5-16-14(8-11)17-9-12-3-6-18(10-12)13-4-7-20-15(13)19/h2,5,8,12-13H,3-4,6-7,9-10H2,1H3,(H,16,17)/t12-,13+/m1/s1. The first kappa shape index (κ1) is 13.4. The summed E-state index contributed by atoms with van der Waals surface area (Å²) >= 11 is 0. The molecule has 2 aliphatic heterocycles. The number of nitrogens with zero attached hydrogens (tertiary/aromatic N) is 2. The maximum Gasteiger partial charge on any atom is 0.323 e. The van der Waals surface area contributed by atoms with Gasteiger partial charge in [0, 0.05) is 25.7 Å². The first-order valence-corrected chi connectivity index (χ1v) is 7.29. The van der Waals surface area contributed by atoms with Gasteiger partial charge in [-0.05, 0) is 43.5 Å². The first-order chi connectivity index (χ1) is 9.72. The topological polar surface area (TPSA) is 54.5 Å². The normalized spacial score (nSPS) is 26.8. The van der Waals surface area contributed by atoms with Crippen molar-refractivity contribution in [3.05, 3.63) is 23.9 Å². The molecule has 3 heterocycles. The van der Waals surface area contributed by atoms with Crippen molar-refractivity contribution in [2.75, 3.05) is 31.6 Å². The SMILES string of the molecule is Cc1ccnc(NC[C@H]2CCN([C@H]3CCOC3=O)C2)c1. The highest BCUT2D eigenvalue weighted by Crippen LogP contribution is 2.23. The molecule has 1 N–H and O–H groups in total. The van der Waals surface area contributed by atoms with Gasteiger partial charge in [-0.15, -0.1) is 0 Å². The van der Waals surface area contributed by atoms with E-state index < -0.39 is 0 Å². The number of carbonyl (C=O) groups excluding carboxylic acids is 1. The fraction of sp³-hybridized carbons (Fsp3) is 0.600. The zero-order valence-electron chi connectivity index (χ0n) is 11.8. The summed E-state index contributed by atoms with van der Waals surface area (Å²) < 4.78 is 5.05. The van der Waals surface area contributed by atoms with E-state index in [1.807, 2.05) is 12.3 Å². The number of cyclic esters (lactones) is 1. The van der Waals surface area contributed by atoms with Crippen LogP contribution in [0.3, 0.4) is 0 Å². The van der Waals surface area contributed by atoms with Crippen molar-refractivity contribution in [2.45, 2.75) is 25.8 Å². The Bertz CT molecular complexity index is 492. The number of likely N-dealkylation sites (tertiary alicyclic amines) is 1. The Morgan fingerprint density at radius 2 is 2.40 bits per heavy atom. The molecular weight excluding hydrogens is 254 g/mol. The molecule has 2 saturated heterocycles. The minimum Gasteiger partial charge on any atom is -0.464 e. The highest BCUT2D eigenvalue weighted by Gasteiger charge is 2.36. The zero-order valence-corrected chi connectivity index (χ0v) is 11.8. The summed E-state index contributed by atoms with van der Waals surface area (Å²) in [6.45, 7) is 5.52. The summed E-state index contributed by atoms with van der Waals surface area (Å²) in [5.74, 6) is 1.47. The van der Waals surface area contributed by atoms with Crippen LogP contribution in [0.2, 0.25) is 0 Å². The summed E-state index contributed by atoms with van der Waals surface area (Å²) in [5, 5.41) is 3.40. The van der Waals surface area contributed by atoms with Crippen LogP contribution in [0.1, 0.15) is 18.4 Å². The van der Waals surface area contributed by atoms with E-state index in [0.29, 0.717) is 12.5 Å². The number of aryl methyl sites for hydroxylation is 1. The van der Waals surface area contributed by atoms with Gasteiger partial charge in [-0.1, -0.05) is 0 Å². The molecule has 0 amide bonds. The summed E-state index contributed by atoms with van der Waals surface area (Å²) in [6, 6.07) is 4.05. The van der Waals surface area contributed by atoms with Gasteiger partial charge in [-0.2, -0.15) is 0 Å². The number of ether oxygens (including phenoxy) is 1. The van der Waals surface area contributed by atoms with Crippen molar-refractivity contribution >= 4 is 11.8 Å². The number of esters is 1. The lowest BCUT2D eigenvalue weighted by molar-refractivity contribution is -0.142. The van der Waals surface area contributed by atoms with Crippen LogP contribution in [-0.4, -0.2) is 48.1 Å². The Morgan fingerprint density at radius 3 is 3.15 bits per heavy atom. The average Bonchev–Trinajstić information content (AvgIpc) is 3.05. The monoisotopic (exact) mass is 275 g/mol. The van der Waals surface area contributed by atoms with Gasteiger partial charge in [-0.3, -0.25) is 9.69 Å². The van der Waals surface area contributed by atoms with Crippen molar-refractivity contribution in [2.24, 2.45) is 5.92 Å². The Hall–Kier alpha value is -1.62. The second-order valence-corrected chi connectivity index (χ2v) is 5.72. The maximum absolute atomic E-state index is 11.6. The molecule has 0 spiro atoms. The molecule has 20 heavy (non-hydrogen) atoms. The van der Waals surface area contributed by atoms with Crippen LogP contribution < -0.4 is 5.32 Å². The molecule has 5 heteroatoms. The molecule has 1 aromatic rings. The number of hydrogen-bond donors (Lipinski definition) is 1. The van der Waals surface area contributed by atoms with E-state index in [1.165, 1.54) is 5.56 Å². The lowest BCUT2D eigenvalue weighted by Crippen LogP contribution is -2.37. The Kier molecular flexibility index (Phi) is 3.87. The quantitative estimate of drug-likeness (QED) is 0.843. The number of aromatic nitrogens is 1. The van der Waals surface area contributed by atoms with E-state index in [9.17, 15) is 4.79 Å². The van der Waals surface area contributed by atoms with E-state index in [2.05, 4.69) is 28.2 Å². The number of nitrogens with one attached hydrogen (secondary N) is 1. The summed E-state index contributed by atoms with van der Waals surface area (Å²) in [6.07, 6.45) is 3.80. The number of rotatable bonds is 4. The smallest absolute Gasteiger partial charge is 0.323 e. The minimum atomic E-state index is -0.0426. The molecule has 2 fully saturated rings. The highest BCUT2D eigenvalue weighted by atomic mass is 16.5. The molecule has 0 radical (unpaired) electrons. The second-order valence-electron chi connectivity index (χ2n) is 5.72. The third kappa shape index (κ3) is 2.93. The molecule has 3 rings (SSSR count). The molecule has 0 saturated carbocycles. The fourth-order valence-corrected chi connectivity index (χ4v) is 3.01. The Balaban J connectivity index is 1.49. The Labute approximate surface area is 119 Å². The molecule has 1 aromatic heterocycles. The van der Waals surface area contributed by atoms with E-state index in [4.69, 9.17) is 4.74 Å². The lowest BCUT2D eigenvalue weighted by atomic mass is 10.1. The van der Waals surface area contributed by atoms with Crippen molar-refractivity contribution in [1.82, 2.24) is 9.88 Å². The minimum absolute atomic E-state index is 0.00269. The summed E-state index contributed by atoms with van der Waals surface area (Å²) in [7, 11) is 0. The van der Waals surface area contributed by atoms with E-state index >= 15 is 0 Å². The highest BCUT2D eigenvalue weighted by molar-refractivity contribution is 5.77. The largest absolute Gasteiger partial charge is 0.464 e. The number of anilines is 1. The molecule has 0 unspecified atom stereocenters. The van der Waals surface area contributed by atoms with Gasteiger partial charge in [-0.25, -0.2) is 4.98 Å². The number of hydrogen-bond acceptors (Lipinski definition) is 5. The molecule has 2 atom stereocenters. The van der Waals surface area contributed by atoms with Crippen LogP contribution in [0.4, 0.5) is 5.82 Å². The lowest BCUT2D eigenvalue weighted by Gasteiger charge is -2.20. The van der Waals surface area contributed by atoms with Crippen molar-refractivity contribution in [3.63, 3.8) is 0 Å². The average molecular weight is 275 g/mol. The van der Waals surface area contributed by atoms with Crippen molar-refractivity contribution in [3.8, 4) is 0 Å². The van der Waals surface area contributed by atoms with Crippen LogP contribution in [-0.2, 0) is 9.53 Å². The molecular formula is C15H21N3O2.